The van der Waals surface area contributed by atoms with Crippen LogP contribution in [0.4, 0.5) is 5.00 Å². The summed E-state index contributed by atoms with van der Waals surface area (Å²) in [7, 11) is 0. The van der Waals surface area contributed by atoms with Gasteiger partial charge in [0.25, 0.3) is 5.91 Å². The summed E-state index contributed by atoms with van der Waals surface area (Å²) < 4.78 is 10.3. The van der Waals surface area contributed by atoms with E-state index in [1.165, 1.54) is 17.6 Å². The Morgan fingerprint density at radius 1 is 1.22 bits per heavy atom. The molecule has 7 nitrogen and oxygen atoms in total. The lowest BCUT2D eigenvalue weighted by molar-refractivity contribution is -0.124. The number of anilines is 1. The molecule has 2 rings (SSSR count). The summed E-state index contributed by atoms with van der Waals surface area (Å²) in [4.78, 5) is 37.5. The zero-order valence-corrected chi connectivity index (χ0v) is 16.9. The lowest BCUT2D eigenvalue weighted by Crippen LogP contribution is -2.29. The van der Waals surface area contributed by atoms with Crippen LogP contribution in [0.15, 0.2) is 22.8 Å². The monoisotopic (exact) mass is 392 g/mol. The highest BCUT2D eigenvalue weighted by molar-refractivity contribution is 7.16. The predicted molar refractivity (Wildman–Crippen MR) is 103 cm³/mol. The third kappa shape index (κ3) is 5.43. The van der Waals surface area contributed by atoms with Crippen LogP contribution in [-0.2, 0) is 20.9 Å². The molecule has 0 aliphatic rings. The minimum atomic E-state index is -0.644. The van der Waals surface area contributed by atoms with Gasteiger partial charge >= 0.3 is 5.97 Å². The molecule has 146 valence electrons. The third-order valence-corrected chi connectivity index (χ3v) is 4.99. The number of thiophene rings is 1. The van der Waals surface area contributed by atoms with Crippen LogP contribution in [0.3, 0.4) is 0 Å². The molecule has 27 heavy (non-hydrogen) atoms. The molecule has 8 heteroatoms. The fraction of sp³-hybridized carbons (Fsp3) is 0.421. The van der Waals surface area contributed by atoms with Crippen molar-refractivity contribution < 1.29 is 23.5 Å². The van der Waals surface area contributed by atoms with Gasteiger partial charge in [-0.2, -0.15) is 0 Å². The molecule has 2 heterocycles. The summed E-state index contributed by atoms with van der Waals surface area (Å²) in [5.74, 6) is -0.681. The standard InChI is InChI=1S/C19H24N2O5S/c1-11-12(2)27-16(21-18(24)19(3,4)5)15(11)17(23)26-10-14(22)20-9-13-7-6-8-25-13/h6-8H,9-10H2,1-5H3,(H,20,22)(H,21,24). The first-order chi connectivity index (χ1) is 12.6. The van der Waals surface area contributed by atoms with E-state index in [1.54, 1.807) is 39.8 Å². The van der Waals surface area contributed by atoms with Crippen LogP contribution >= 0.6 is 11.3 Å². The van der Waals surface area contributed by atoms with E-state index in [0.29, 0.717) is 10.8 Å². The lowest BCUT2D eigenvalue weighted by Gasteiger charge is -2.17. The van der Waals surface area contributed by atoms with Gasteiger partial charge in [0.15, 0.2) is 6.61 Å². The van der Waals surface area contributed by atoms with Gasteiger partial charge in [-0.25, -0.2) is 4.79 Å². The molecular weight excluding hydrogens is 368 g/mol. The van der Waals surface area contributed by atoms with Gasteiger partial charge in [0, 0.05) is 10.3 Å². The Kier molecular flexibility index (Phi) is 6.43. The fourth-order valence-corrected chi connectivity index (χ4v) is 3.15. The maximum absolute atomic E-state index is 12.5. The maximum Gasteiger partial charge on any atom is 0.341 e. The van der Waals surface area contributed by atoms with Crippen molar-refractivity contribution in [1.29, 1.82) is 0 Å². The van der Waals surface area contributed by atoms with Crippen molar-refractivity contribution in [3.05, 3.63) is 40.2 Å². The molecule has 0 fully saturated rings. The van der Waals surface area contributed by atoms with Crippen molar-refractivity contribution in [1.82, 2.24) is 5.32 Å². The van der Waals surface area contributed by atoms with Crippen LogP contribution < -0.4 is 10.6 Å². The molecule has 0 saturated heterocycles. The number of rotatable bonds is 6. The van der Waals surface area contributed by atoms with E-state index in [0.717, 1.165) is 10.4 Å². The summed E-state index contributed by atoms with van der Waals surface area (Å²) in [5.41, 5.74) is 0.415. The van der Waals surface area contributed by atoms with Gasteiger partial charge in [0.1, 0.15) is 10.8 Å². The van der Waals surface area contributed by atoms with Gasteiger partial charge in [-0.1, -0.05) is 20.8 Å². The molecule has 0 aliphatic carbocycles. The maximum atomic E-state index is 12.5. The number of aryl methyl sites for hydroxylation is 1. The largest absolute Gasteiger partial charge is 0.467 e. The molecule has 0 aliphatic heterocycles. The second-order valence-corrected chi connectivity index (χ2v) is 8.35. The minimum Gasteiger partial charge on any atom is -0.467 e. The summed E-state index contributed by atoms with van der Waals surface area (Å²) in [6.07, 6.45) is 1.51. The highest BCUT2D eigenvalue weighted by atomic mass is 32.1. The van der Waals surface area contributed by atoms with Crippen molar-refractivity contribution >= 4 is 34.1 Å². The number of hydrogen-bond donors (Lipinski definition) is 2. The Labute approximate surface area is 162 Å². The first-order valence-corrected chi connectivity index (χ1v) is 9.29. The van der Waals surface area contributed by atoms with Gasteiger partial charge in [0.2, 0.25) is 5.91 Å². The van der Waals surface area contributed by atoms with E-state index in [1.807, 2.05) is 6.92 Å². The highest BCUT2D eigenvalue weighted by Gasteiger charge is 2.27. The molecule has 0 unspecified atom stereocenters. The van der Waals surface area contributed by atoms with E-state index >= 15 is 0 Å². The SMILES string of the molecule is Cc1sc(NC(=O)C(C)(C)C)c(C(=O)OCC(=O)NCc2ccco2)c1C. The molecule has 0 spiro atoms. The lowest BCUT2D eigenvalue weighted by atomic mass is 9.96. The van der Waals surface area contributed by atoms with Crippen LogP contribution in [0.5, 0.6) is 0 Å². The molecule has 2 amide bonds. The van der Waals surface area contributed by atoms with Gasteiger partial charge in [-0.3, -0.25) is 9.59 Å². The first-order valence-electron chi connectivity index (χ1n) is 8.47. The quantitative estimate of drug-likeness (QED) is 0.734. The number of hydrogen-bond acceptors (Lipinski definition) is 6. The zero-order chi connectivity index (χ0) is 20.2. The number of furan rings is 1. The molecule has 0 bridgehead atoms. The summed E-state index contributed by atoms with van der Waals surface area (Å²) in [5, 5.41) is 5.83. The number of carbonyl (C=O) groups excluding carboxylic acids is 3. The normalized spacial score (nSPS) is 11.1. The Bertz CT molecular complexity index is 831. The molecule has 2 aromatic rings. The van der Waals surface area contributed by atoms with Gasteiger partial charge < -0.3 is 19.8 Å². The smallest absolute Gasteiger partial charge is 0.341 e. The van der Waals surface area contributed by atoms with Gasteiger partial charge in [0.05, 0.1) is 18.4 Å². The Morgan fingerprint density at radius 2 is 1.93 bits per heavy atom. The zero-order valence-electron chi connectivity index (χ0n) is 16.1. The van der Waals surface area contributed by atoms with Crippen molar-refractivity contribution in [2.24, 2.45) is 5.41 Å². The second-order valence-electron chi connectivity index (χ2n) is 7.12. The van der Waals surface area contributed by atoms with E-state index in [-0.39, 0.29) is 18.0 Å². The average molecular weight is 392 g/mol. The second kappa shape index (κ2) is 8.39. The molecule has 0 atom stereocenters. The van der Waals surface area contributed by atoms with Crippen molar-refractivity contribution in [2.45, 2.75) is 41.2 Å². The van der Waals surface area contributed by atoms with Crippen LogP contribution in [0.1, 0.15) is 47.3 Å². The summed E-state index contributed by atoms with van der Waals surface area (Å²) >= 11 is 1.31. The summed E-state index contributed by atoms with van der Waals surface area (Å²) in [6, 6.07) is 3.45. The number of amides is 2. The molecule has 2 aromatic heterocycles. The van der Waals surface area contributed by atoms with Crippen LogP contribution in [0.2, 0.25) is 0 Å². The number of nitrogens with one attached hydrogen (secondary N) is 2. The van der Waals surface area contributed by atoms with E-state index < -0.39 is 23.9 Å². The number of esters is 1. The topological polar surface area (TPSA) is 97.6 Å². The molecule has 0 saturated carbocycles. The van der Waals surface area contributed by atoms with E-state index in [4.69, 9.17) is 9.15 Å². The van der Waals surface area contributed by atoms with E-state index in [9.17, 15) is 14.4 Å². The third-order valence-electron chi connectivity index (χ3n) is 3.87. The van der Waals surface area contributed by atoms with Crippen molar-refractivity contribution in [3.8, 4) is 0 Å². The Hall–Kier alpha value is -2.61. The van der Waals surface area contributed by atoms with Crippen LogP contribution in [0.25, 0.3) is 0 Å². The predicted octanol–water partition coefficient (Wildman–Crippen LogP) is 3.42. The van der Waals surface area contributed by atoms with Gasteiger partial charge in [-0.05, 0) is 31.5 Å². The van der Waals surface area contributed by atoms with Crippen molar-refractivity contribution in [2.75, 3.05) is 11.9 Å². The van der Waals surface area contributed by atoms with Gasteiger partial charge in [-0.15, -0.1) is 11.3 Å². The number of carbonyl (C=O) groups is 3. The van der Waals surface area contributed by atoms with E-state index in [2.05, 4.69) is 10.6 Å². The molecule has 2 N–H and O–H groups in total. The minimum absolute atomic E-state index is 0.200. The molecule has 0 radical (unpaired) electrons. The number of ether oxygens (including phenoxy) is 1. The Morgan fingerprint density at radius 3 is 2.52 bits per heavy atom. The van der Waals surface area contributed by atoms with Crippen molar-refractivity contribution in [3.63, 3.8) is 0 Å². The first kappa shape index (κ1) is 20.7. The molecule has 0 aromatic carbocycles. The average Bonchev–Trinajstić information content (AvgIpc) is 3.19. The van der Waals surface area contributed by atoms with Crippen LogP contribution in [-0.4, -0.2) is 24.4 Å². The fourth-order valence-electron chi connectivity index (χ4n) is 2.10. The Balaban J connectivity index is 2.00. The molecular formula is C19H24N2O5S. The van der Waals surface area contributed by atoms with Crippen LogP contribution in [0, 0.1) is 19.3 Å². The highest BCUT2D eigenvalue weighted by Crippen LogP contribution is 2.34. The summed E-state index contributed by atoms with van der Waals surface area (Å²) in [6.45, 7) is 8.81.